The topological polar surface area (TPSA) is 84.5 Å². The lowest BCUT2D eigenvalue weighted by Gasteiger charge is -2.28. The smallest absolute Gasteiger partial charge is 0.229 e. The van der Waals surface area contributed by atoms with Gasteiger partial charge in [-0.2, -0.15) is 0 Å². The second kappa shape index (κ2) is 10.5. The van der Waals surface area contributed by atoms with E-state index in [9.17, 15) is 8.78 Å². The summed E-state index contributed by atoms with van der Waals surface area (Å²) in [6.07, 6.45) is 3.10. The molecule has 0 saturated carbocycles. The number of hydrazine groups is 2. The van der Waals surface area contributed by atoms with Crippen LogP contribution in [0.5, 0.6) is 0 Å². The Morgan fingerprint density at radius 2 is 1.97 bits per heavy atom. The number of rotatable bonds is 8. The molecule has 11 heteroatoms. The van der Waals surface area contributed by atoms with Gasteiger partial charge in [0, 0.05) is 36.8 Å². The number of aromatic nitrogens is 3. The van der Waals surface area contributed by atoms with Gasteiger partial charge in [-0.15, -0.1) is 5.53 Å². The first-order valence-corrected chi connectivity index (χ1v) is 12.6. The molecule has 5 rings (SSSR count). The van der Waals surface area contributed by atoms with Crippen molar-refractivity contribution in [2.24, 2.45) is 0 Å². The molecule has 1 aromatic carbocycles. The summed E-state index contributed by atoms with van der Waals surface area (Å²) >= 11 is 0. The summed E-state index contributed by atoms with van der Waals surface area (Å²) < 4.78 is 29.6. The molecule has 3 N–H and O–H groups in total. The summed E-state index contributed by atoms with van der Waals surface area (Å²) in [6, 6.07) is 7.00. The van der Waals surface area contributed by atoms with Crippen LogP contribution in [-0.2, 0) is 13.0 Å². The number of nitrogens with zero attached hydrogens (tertiary/aromatic N) is 6. The first-order chi connectivity index (χ1) is 17.8. The number of hydrogen-bond acceptors (Lipinski definition) is 9. The van der Waals surface area contributed by atoms with E-state index in [1.54, 1.807) is 11.1 Å². The predicted octanol–water partition coefficient (Wildman–Crippen LogP) is 3.93. The van der Waals surface area contributed by atoms with Crippen LogP contribution in [0.2, 0.25) is 0 Å². The van der Waals surface area contributed by atoms with Crippen LogP contribution < -0.4 is 21.3 Å². The third-order valence-electron chi connectivity index (χ3n) is 6.61. The highest BCUT2D eigenvalue weighted by atomic mass is 19.1. The first kappa shape index (κ1) is 25.2. The number of fused-ring (bicyclic) bond motifs is 2. The van der Waals surface area contributed by atoms with Crippen LogP contribution in [0.3, 0.4) is 0 Å². The molecule has 0 bridgehead atoms. The summed E-state index contributed by atoms with van der Waals surface area (Å²) in [5.74, 6) is -0.338. The molecule has 9 nitrogen and oxygen atoms in total. The predicted molar refractivity (Wildman–Crippen MR) is 141 cm³/mol. The summed E-state index contributed by atoms with van der Waals surface area (Å²) in [7, 11) is 4.19. The van der Waals surface area contributed by atoms with Gasteiger partial charge in [-0.05, 0) is 71.2 Å². The second-order valence-corrected chi connectivity index (χ2v) is 10.1. The molecule has 0 aliphatic carbocycles. The maximum Gasteiger partial charge on any atom is 0.229 e. The van der Waals surface area contributed by atoms with Crippen molar-refractivity contribution < 1.29 is 8.78 Å². The SMILES string of the molecule is CC(C)N1NNc2c(F)cc(-c3nc(Nc4ccc5c(n4)CCN(CCCN(C)C)C5)ncc3F)cc21. The van der Waals surface area contributed by atoms with E-state index in [1.807, 2.05) is 19.9 Å². The van der Waals surface area contributed by atoms with Gasteiger partial charge in [-0.3, -0.25) is 15.3 Å². The summed E-state index contributed by atoms with van der Waals surface area (Å²) in [4.78, 5) is 17.9. The van der Waals surface area contributed by atoms with Gasteiger partial charge in [0.25, 0.3) is 0 Å². The molecular formula is C26H33F2N9. The molecule has 196 valence electrons. The van der Waals surface area contributed by atoms with E-state index in [-0.39, 0.29) is 17.7 Å². The van der Waals surface area contributed by atoms with E-state index in [4.69, 9.17) is 4.98 Å². The van der Waals surface area contributed by atoms with E-state index in [0.717, 1.165) is 50.9 Å². The van der Waals surface area contributed by atoms with Crippen LogP contribution in [0.15, 0.2) is 30.5 Å². The monoisotopic (exact) mass is 509 g/mol. The molecule has 0 amide bonds. The Labute approximate surface area is 215 Å². The lowest BCUT2D eigenvalue weighted by Crippen LogP contribution is -2.41. The fourth-order valence-corrected chi connectivity index (χ4v) is 4.72. The summed E-state index contributed by atoms with van der Waals surface area (Å²) in [5.41, 5.74) is 9.27. The van der Waals surface area contributed by atoms with Crippen molar-refractivity contribution in [3.63, 3.8) is 0 Å². The molecule has 4 heterocycles. The highest BCUT2D eigenvalue weighted by molar-refractivity contribution is 5.80. The average Bonchev–Trinajstić information content (AvgIpc) is 3.30. The normalized spacial score (nSPS) is 15.2. The maximum absolute atomic E-state index is 14.8. The Morgan fingerprint density at radius 3 is 2.76 bits per heavy atom. The number of anilines is 4. The molecule has 0 radical (unpaired) electrons. The van der Waals surface area contributed by atoms with Gasteiger partial charge in [0.1, 0.15) is 17.2 Å². The van der Waals surface area contributed by atoms with Gasteiger partial charge < -0.3 is 10.2 Å². The third kappa shape index (κ3) is 5.48. The highest BCUT2D eigenvalue weighted by Gasteiger charge is 2.26. The molecule has 0 spiro atoms. The van der Waals surface area contributed by atoms with Crippen LogP contribution in [0.25, 0.3) is 11.3 Å². The molecule has 37 heavy (non-hydrogen) atoms. The van der Waals surface area contributed by atoms with Crippen molar-refractivity contribution in [3.05, 3.63) is 53.4 Å². The van der Waals surface area contributed by atoms with Gasteiger partial charge in [0.15, 0.2) is 11.6 Å². The van der Waals surface area contributed by atoms with Crippen molar-refractivity contribution in [1.29, 1.82) is 0 Å². The van der Waals surface area contributed by atoms with Crippen LogP contribution in [-0.4, -0.2) is 64.5 Å². The summed E-state index contributed by atoms with van der Waals surface area (Å²) in [6.45, 7) is 7.93. The zero-order chi connectivity index (χ0) is 26.1. The zero-order valence-electron chi connectivity index (χ0n) is 21.6. The van der Waals surface area contributed by atoms with Gasteiger partial charge in [-0.1, -0.05) is 6.07 Å². The van der Waals surface area contributed by atoms with E-state index >= 15 is 0 Å². The van der Waals surface area contributed by atoms with Crippen molar-refractivity contribution in [1.82, 2.24) is 30.3 Å². The van der Waals surface area contributed by atoms with Crippen LogP contribution in [0.4, 0.5) is 31.9 Å². The molecule has 2 aromatic heterocycles. The number of benzene rings is 1. The summed E-state index contributed by atoms with van der Waals surface area (Å²) in [5, 5.41) is 4.87. The van der Waals surface area contributed by atoms with Crippen LogP contribution >= 0.6 is 0 Å². The van der Waals surface area contributed by atoms with Crippen molar-refractivity contribution in [2.45, 2.75) is 39.3 Å². The molecule has 2 aliphatic rings. The largest absolute Gasteiger partial charge is 0.309 e. The lowest BCUT2D eigenvalue weighted by molar-refractivity contribution is 0.236. The maximum atomic E-state index is 14.8. The Hall–Kier alpha value is -3.41. The van der Waals surface area contributed by atoms with Gasteiger partial charge in [-0.25, -0.2) is 23.7 Å². The molecule has 0 saturated heterocycles. The van der Waals surface area contributed by atoms with E-state index in [2.05, 4.69) is 56.2 Å². The number of halogens is 2. The highest BCUT2D eigenvalue weighted by Crippen LogP contribution is 2.37. The first-order valence-electron chi connectivity index (χ1n) is 12.6. The molecular weight excluding hydrogens is 476 g/mol. The average molecular weight is 510 g/mol. The number of pyridine rings is 1. The van der Waals surface area contributed by atoms with Crippen molar-refractivity contribution >= 4 is 23.1 Å². The van der Waals surface area contributed by atoms with E-state index < -0.39 is 11.6 Å². The zero-order valence-corrected chi connectivity index (χ0v) is 21.6. The Morgan fingerprint density at radius 1 is 1.14 bits per heavy atom. The van der Waals surface area contributed by atoms with Gasteiger partial charge in [0.05, 0.1) is 11.9 Å². The molecule has 0 fully saturated rings. The Bertz CT molecular complexity index is 1280. The van der Waals surface area contributed by atoms with Crippen molar-refractivity contribution in [2.75, 3.05) is 49.5 Å². The minimum Gasteiger partial charge on any atom is -0.309 e. The standard InChI is InChI=1S/C26H33F2N9/c1-16(2)37-22-13-18(12-19(27)25(22)33-34-37)24-20(28)14-29-26(32-24)31-23-7-6-17-15-36(10-5-9-35(3)4)11-8-21(17)30-23/h6-7,12-14,16,33-34H,5,8-11,15H2,1-4H3,(H,29,30,31,32). The number of nitrogens with one attached hydrogen (secondary N) is 3. The van der Waals surface area contributed by atoms with Crippen molar-refractivity contribution in [3.8, 4) is 11.3 Å². The lowest BCUT2D eigenvalue weighted by atomic mass is 10.1. The third-order valence-corrected chi connectivity index (χ3v) is 6.61. The minimum absolute atomic E-state index is 0.0149. The molecule has 0 atom stereocenters. The molecule has 0 unspecified atom stereocenters. The van der Waals surface area contributed by atoms with Gasteiger partial charge in [0.2, 0.25) is 5.95 Å². The van der Waals surface area contributed by atoms with Crippen LogP contribution in [0.1, 0.15) is 31.5 Å². The molecule has 3 aromatic rings. The van der Waals surface area contributed by atoms with E-state index in [0.29, 0.717) is 22.8 Å². The minimum atomic E-state index is -0.632. The van der Waals surface area contributed by atoms with E-state index in [1.165, 1.54) is 11.6 Å². The quantitative estimate of drug-likeness (QED) is 0.418. The molecule has 2 aliphatic heterocycles. The Kier molecular flexibility index (Phi) is 7.18. The van der Waals surface area contributed by atoms with Crippen LogP contribution in [0, 0.1) is 11.6 Å². The second-order valence-electron chi connectivity index (χ2n) is 10.1. The fraction of sp³-hybridized carbons (Fsp3) is 0.423. The fourth-order valence-electron chi connectivity index (χ4n) is 4.72. The number of hydrogen-bond donors (Lipinski definition) is 3. The van der Waals surface area contributed by atoms with Gasteiger partial charge >= 0.3 is 0 Å². The Balaban J connectivity index is 1.33.